The summed E-state index contributed by atoms with van der Waals surface area (Å²) in [6.45, 7) is -1.38. The minimum atomic E-state index is -1.32. The van der Waals surface area contributed by atoms with Crippen molar-refractivity contribution in [2.45, 2.75) is 38.5 Å². The first-order valence-electron chi connectivity index (χ1n) is 17.4. The highest BCUT2D eigenvalue weighted by atomic mass is 16.6. The first kappa shape index (κ1) is 41.6. The van der Waals surface area contributed by atoms with Crippen LogP contribution in [0.5, 0.6) is 0 Å². The molecule has 294 valence electrons. The minimum Gasteiger partial charge on any atom is -0.480 e. The van der Waals surface area contributed by atoms with Crippen LogP contribution < -0.4 is 27.0 Å². The van der Waals surface area contributed by atoms with Crippen molar-refractivity contribution in [1.82, 2.24) is 31.9 Å². The molecule has 4 aromatic carbocycles. The van der Waals surface area contributed by atoms with E-state index in [1.54, 1.807) is 54.6 Å². The van der Waals surface area contributed by atoms with Crippen molar-refractivity contribution in [1.29, 1.82) is 0 Å². The van der Waals surface area contributed by atoms with Gasteiger partial charge in [-0.2, -0.15) is 0 Å². The van der Waals surface area contributed by atoms with E-state index >= 15 is 0 Å². The number of carboxylic acid groups (broad SMARTS) is 1. The molecule has 0 heterocycles. The average molecular weight is 770 g/mol. The number of nitrogens with zero attached hydrogens (tertiary/aromatic N) is 2. The number of hydrogen-bond acceptors (Lipinski definition) is 10. The standard InChI is InChI=1S/C39H43N7O10/c1-54-36(51)32(41-33(47)23-46(24-35(49)50)34(48)22-29-18-19-30-15-8-9-16-31(30)21-29)17-10-20-40-37(42-44-38(52)55-25-27-11-4-2-5-12-27)43-45-39(53)56-26-28-13-6-3-7-14-28/h2-9,11-16,18-19,21,32H,10,17,20,22-26H2,1H3,(H,41,47)(H,44,52)(H,45,53)(H,49,50)(H2,40,42,43)/t32-/m0/s1. The summed E-state index contributed by atoms with van der Waals surface area (Å²) >= 11 is 0. The first-order valence-corrected chi connectivity index (χ1v) is 17.4. The van der Waals surface area contributed by atoms with Gasteiger partial charge in [-0.05, 0) is 40.3 Å². The Balaban J connectivity index is 1.32. The van der Waals surface area contributed by atoms with Gasteiger partial charge in [0.1, 0.15) is 32.3 Å². The second-order valence-corrected chi connectivity index (χ2v) is 12.1. The van der Waals surface area contributed by atoms with Gasteiger partial charge in [-0.3, -0.25) is 30.2 Å². The Kier molecular flexibility index (Phi) is 16.4. The van der Waals surface area contributed by atoms with Crippen LogP contribution in [0, 0.1) is 0 Å². The number of hydrogen-bond donors (Lipinski definition) is 6. The van der Waals surface area contributed by atoms with Gasteiger partial charge in [0.25, 0.3) is 0 Å². The molecule has 0 aliphatic carbocycles. The van der Waals surface area contributed by atoms with Crippen molar-refractivity contribution in [2.24, 2.45) is 4.99 Å². The van der Waals surface area contributed by atoms with Crippen LogP contribution in [-0.2, 0) is 53.0 Å². The van der Waals surface area contributed by atoms with Crippen molar-refractivity contribution < 1.29 is 48.1 Å². The number of carbonyl (C=O) groups excluding carboxylic acids is 5. The van der Waals surface area contributed by atoms with Crippen molar-refractivity contribution >= 4 is 52.7 Å². The van der Waals surface area contributed by atoms with E-state index in [0.29, 0.717) is 5.56 Å². The summed E-state index contributed by atoms with van der Waals surface area (Å²) in [6, 6.07) is 29.8. The fourth-order valence-corrected chi connectivity index (χ4v) is 5.17. The summed E-state index contributed by atoms with van der Waals surface area (Å²) in [5, 5.41) is 13.8. The SMILES string of the molecule is COC(=O)[C@H](CCCN=C(NNC(=O)OCc1ccccc1)NNC(=O)OCc1ccccc1)NC(=O)CN(CC(=O)O)C(=O)Cc1ccc2ccccc2c1. The van der Waals surface area contributed by atoms with Gasteiger partial charge in [-0.25, -0.2) is 25.2 Å². The Morgan fingerprint density at radius 2 is 1.27 bits per heavy atom. The molecular formula is C39H43N7O10. The number of amides is 4. The highest BCUT2D eigenvalue weighted by molar-refractivity contribution is 5.91. The lowest BCUT2D eigenvalue weighted by molar-refractivity contribution is -0.148. The van der Waals surface area contributed by atoms with Gasteiger partial charge < -0.3 is 29.5 Å². The predicted molar refractivity (Wildman–Crippen MR) is 203 cm³/mol. The summed E-state index contributed by atoms with van der Waals surface area (Å²) in [4.78, 5) is 80.3. The molecule has 0 unspecified atom stereocenters. The van der Waals surface area contributed by atoms with Crippen LogP contribution in [0.1, 0.15) is 29.5 Å². The van der Waals surface area contributed by atoms with E-state index in [1.165, 1.54) is 0 Å². The number of rotatable bonds is 16. The largest absolute Gasteiger partial charge is 0.480 e. The molecule has 0 saturated heterocycles. The van der Waals surface area contributed by atoms with Gasteiger partial charge in [-0.1, -0.05) is 103 Å². The van der Waals surface area contributed by atoms with Crippen LogP contribution in [0.25, 0.3) is 10.8 Å². The molecular weight excluding hydrogens is 726 g/mol. The molecule has 0 bridgehead atoms. The van der Waals surface area contributed by atoms with E-state index in [9.17, 15) is 33.9 Å². The average Bonchev–Trinajstić information content (AvgIpc) is 3.20. The molecule has 0 aromatic heterocycles. The van der Waals surface area contributed by atoms with Gasteiger partial charge in [0.2, 0.25) is 17.8 Å². The Labute approximate surface area is 322 Å². The van der Waals surface area contributed by atoms with Crippen LogP contribution in [0.4, 0.5) is 9.59 Å². The third-order valence-electron chi connectivity index (χ3n) is 7.92. The van der Waals surface area contributed by atoms with E-state index in [4.69, 9.17) is 14.2 Å². The molecule has 0 aliphatic rings. The highest BCUT2D eigenvalue weighted by Gasteiger charge is 2.25. The molecule has 4 amide bonds. The fraction of sp³-hybridized carbons (Fsp3) is 0.256. The number of hydrazine groups is 2. The van der Waals surface area contributed by atoms with Crippen molar-refractivity contribution in [3.05, 3.63) is 120 Å². The molecule has 0 fully saturated rings. The fourth-order valence-electron chi connectivity index (χ4n) is 5.17. The number of fused-ring (bicyclic) bond motifs is 1. The molecule has 17 nitrogen and oxygen atoms in total. The van der Waals surface area contributed by atoms with Crippen LogP contribution in [0.2, 0.25) is 0 Å². The molecule has 17 heteroatoms. The van der Waals surface area contributed by atoms with E-state index in [-0.39, 0.29) is 45.0 Å². The summed E-state index contributed by atoms with van der Waals surface area (Å²) in [6.07, 6.45) is -1.66. The lowest BCUT2D eigenvalue weighted by atomic mass is 10.0. The topological polar surface area (TPSA) is 226 Å². The van der Waals surface area contributed by atoms with Gasteiger partial charge in [0.15, 0.2) is 0 Å². The number of nitrogens with one attached hydrogen (secondary N) is 5. The van der Waals surface area contributed by atoms with Gasteiger partial charge in [0, 0.05) is 6.54 Å². The maximum Gasteiger partial charge on any atom is 0.426 e. The number of guanidine groups is 1. The molecule has 6 N–H and O–H groups in total. The normalized spacial score (nSPS) is 10.9. The number of carbonyl (C=O) groups is 6. The smallest absolute Gasteiger partial charge is 0.426 e. The van der Waals surface area contributed by atoms with Crippen LogP contribution in [0.15, 0.2) is 108 Å². The Morgan fingerprint density at radius 3 is 1.84 bits per heavy atom. The van der Waals surface area contributed by atoms with Crippen molar-refractivity contribution in [3.63, 3.8) is 0 Å². The number of esters is 1. The van der Waals surface area contributed by atoms with Crippen molar-refractivity contribution in [2.75, 3.05) is 26.7 Å². The summed E-state index contributed by atoms with van der Waals surface area (Å²) in [5.74, 6) is -3.60. The highest BCUT2D eigenvalue weighted by Crippen LogP contribution is 2.16. The number of benzene rings is 4. The second-order valence-electron chi connectivity index (χ2n) is 12.1. The van der Waals surface area contributed by atoms with Gasteiger partial charge in [-0.15, -0.1) is 0 Å². The molecule has 0 aliphatic heterocycles. The summed E-state index contributed by atoms with van der Waals surface area (Å²) in [7, 11) is 1.14. The third kappa shape index (κ3) is 14.7. The molecule has 56 heavy (non-hydrogen) atoms. The molecule has 0 radical (unpaired) electrons. The summed E-state index contributed by atoms with van der Waals surface area (Å²) in [5.41, 5.74) is 11.8. The third-order valence-corrected chi connectivity index (χ3v) is 7.92. The molecule has 0 spiro atoms. The number of aliphatic imine (C=N–C) groups is 1. The zero-order valence-corrected chi connectivity index (χ0v) is 30.6. The van der Waals surface area contributed by atoms with Crippen LogP contribution >= 0.6 is 0 Å². The van der Waals surface area contributed by atoms with Crippen molar-refractivity contribution in [3.8, 4) is 0 Å². The monoisotopic (exact) mass is 769 g/mol. The maximum atomic E-state index is 13.2. The van der Waals surface area contributed by atoms with Gasteiger partial charge in [0.05, 0.1) is 13.5 Å². The minimum absolute atomic E-state index is 0.00440. The number of ether oxygens (including phenoxy) is 3. The molecule has 4 rings (SSSR count). The first-order chi connectivity index (χ1) is 27.1. The number of aliphatic carboxylic acids is 1. The zero-order chi connectivity index (χ0) is 40.1. The Morgan fingerprint density at radius 1 is 0.696 bits per heavy atom. The lowest BCUT2D eigenvalue weighted by Crippen LogP contribution is -2.53. The zero-order valence-electron chi connectivity index (χ0n) is 30.6. The van der Waals surface area contributed by atoms with E-state index in [0.717, 1.165) is 33.9 Å². The quantitative estimate of drug-likeness (QED) is 0.0242. The lowest BCUT2D eigenvalue weighted by Gasteiger charge is -2.22. The predicted octanol–water partition coefficient (Wildman–Crippen LogP) is 2.95. The van der Waals surface area contributed by atoms with E-state index in [2.05, 4.69) is 32.0 Å². The number of methoxy groups -OCH3 is 1. The van der Waals surface area contributed by atoms with E-state index in [1.807, 2.05) is 48.5 Å². The maximum absolute atomic E-state index is 13.2. The Hall–Kier alpha value is -7.17. The number of carboxylic acids is 1. The summed E-state index contributed by atoms with van der Waals surface area (Å²) < 4.78 is 15.2. The Bertz CT molecular complexity index is 1920. The molecule has 4 aromatic rings. The molecule has 1 atom stereocenters. The molecule has 0 saturated carbocycles. The second kappa shape index (κ2) is 22.1. The van der Waals surface area contributed by atoms with Crippen LogP contribution in [-0.4, -0.2) is 84.7 Å². The van der Waals surface area contributed by atoms with Crippen LogP contribution in [0.3, 0.4) is 0 Å². The van der Waals surface area contributed by atoms with Gasteiger partial charge >= 0.3 is 24.1 Å². The van der Waals surface area contributed by atoms with E-state index < -0.39 is 55.1 Å².